The molecule has 2 heterocycles. The fraction of sp³-hybridized carbons (Fsp3) is 0.240. The second-order valence-electron chi connectivity index (χ2n) is 8.72. The van der Waals surface area contributed by atoms with Gasteiger partial charge in [-0.2, -0.15) is 0 Å². The van der Waals surface area contributed by atoms with Gasteiger partial charge in [0, 0.05) is 47.5 Å². The van der Waals surface area contributed by atoms with E-state index in [4.69, 9.17) is 34.8 Å². The average molecular weight is 500 g/mol. The lowest BCUT2D eigenvalue weighted by Gasteiger charge is -2.33. The number of carbonyl (C=O) groups is 1. The van der Waals surface area contributed by atoms with Gasteiger partial charge < -0.3 is 16.0 Å². The van der Waals surface area contributed by atoms with E-state index in [0.29, 0.717) is 45.2 Å². The molecule has 5 nitrogen and oxygen atoms in total. The molecule has 3 N–H and O–H groups in total. The summed E-state index contributed by atoms with van der Waals surface area (Å²) in [6.07, 6.45) is 0. The third kappa shape index (κ3) is 3.55. The normalized spacial score (nSPS) is 23.1. The first-order valence-corrected chi connectivity index (χ1v) is 12.1. The van der Waals surface area contributed by atoms with E-state index in [1.54, 1.807) is 23.1 Å². The van der Waals surface area contributed by atoms with E-state index in [1.165, 1.54) is 0 Å². The molecule has 0 spiro atoms. The second-order valence-corrected chi connectivity index (χ2v) is 9.94. The maximum Gasteiger partial charge on any atom is 0.326 e. The highest BCUT2D eigenvalue weighted by Crippen LogP contribution is 2.48. The van der Waals surface area contributed by atoms with Crippen molar-refractivity contribution < 1.29 is 4.79 Å². The number of anilines is 3. The van der Waals surface area contributed by atoms with Crippen LogP contribution >= 0.6 is 34.8 Å². The Morgan fingerprint density at radius 1 is 0.879 bits per heavy atom. The Kier molecular flexibility index (Phi) is 5.18. The van der Waals surface area contributed by atoms with Crippen LogP contribution in [0.2, 0.25) is 15.1 Å². The Morgan fingerprint density at radius 2 is 1.58 bits per heavy atom. The summed E-state index contributed by atoms with van der Waals surface area (Å²) in [5, 5.41) is 11.6. The zero-order valence-corrected chi connectivity index (χ0v) is 19.8. The van der Waals surface area contributed by atoms with Crippen molar-refractivity contribution in [1.82, 2.24) is 10.6 Å². The van der Waals surface area contributed by atoms with Gasteiger partial charge in [-0.3, -0.25) is 4.90 Å². The van der Waals surface area contributed by atoms with Crippen LogP contribution in [0, 0.1) is 11.8 Å². The molecule has 2 atom stereocenters. The zero-order chi connectivity index (χ0) is 22.7. The molecule has 2 unspecified atom stereocenters. The number of fused-ring (bicyclic) bond motifs is 2. The summed E-state index contributed by atoms with van der Waals surface area (Å²) in [7, 11) is 0. The van der Waals surface area contributed by atoms with Gasteiger partial charge in [0.25, 0.3) is 0 Å². The molecule has 6 rings (SSSR count). The SMILES string of the molecule is O=C1NCc2c(-c3ccccc3Cl)cc(NC3C4CNCC43)cc2N1c1c(Cl)cccc1Cl. The smallest absolute Gasteiger partial charge is 0.326 e. The molecule has 1 aliphatic carbocycles. The topological polar surface area (TPSA) is 56.4 Å². The molecule has 168 valence electrons. The van der Waals surface area contributed by atoms with Gasteiger partial charge in [0.05, 0.1) is 21.4 Å². The summed E-state index contributed by atoms with van der Waals surface area (Å²) in [4.78, 5) is 14.7. The molecule has 3 aliphatic rings. The van der Waals surface area contributed by atoms with Gasteiger partial charge in [-0.05, 0) is 47.7 Å². The molecule has 8 heteroatoms. The van der Waals surface area contributed by atoms with E-state index >= 15 is 0 Å². The highest BCUT2D eigenvalue weighted by atomic mass is 35.5. The van der Waals surface area contributed by atoms with Crippen LogP contribution in [-0.4, -0.2) is 25.2 Å². The van der Waals surface area contributed by atoms with Gasteiger partial charge in [-0.1, -0.05) is 59.1 Å². The van der Waals surface area contributed by atoms with E-state index in [0.717, 1.165) is 41.2 Å². The van der Waals surface area contributed by atoms with Gasteiger partial charge in [0.15, 0.2) is 0 Å². The van der Waals surface area contributed by atoms with Crippen molar-refractivity contribution in [3.63, 3.8) is 0 Å². The van der Waals surface area contributed by atoms with Crippen molar-refractivity contribution in [3.05, 3.63) is 75.2 Å². The third-order valence-corrected chi connectivity index (χ3v) is 7.78. The Hall–Kier alpha value is -2.44. The first-order chi connectivity index (χ1) is 16.0. The number of carbonyl (C=O) groups excluding carboxylic acids is 1. The molecular weight excluding hydrogens is 479 g/mol. The highest BCUT2D eigenvalue weighted by molar-refractivity contribution is 6.40. The minimum absolute atomic E-state index is 0.271. The number of rotatable bonds is 4. The molecule has 2 amide bonds. The van der Waals surface area contributed by atoms with Crippen molar-refractivity contribution >= 4 is 57.9 Å². The summed E-state index contributed by atoms with van der Waals surface area (Å²) in [6, 6.07) is 17.3. The maximum absolute atomic E-state index is 13.1. The van der Waals surface area contributed by atoms with E-state index in [9.17, 15) is 4.79 Å². The standard InChI is InChI=1S/C25H21Cl3N4O/c26-19-5-2-1-4-14(19)15-8-13(31-23-17-10-29-11-18(17)23)9-22-16(15)12-30-25(33)32(22)24-20(27)6-3-7-21(24)28/h1-9,17-18,23,29,31H,10-12H2,(H,30,33). The van der Waals surface area contributed by atoms with E-state index in [-0.39, 0.29) is 6.03 Å². The van der Waals surface area contributed by atoms with Gasteiger partial charge in [-0.15, -0.1) is 0 Å². The molecule has 0 aromatic heterocycles. The lowest BCUT2D eigenvalue weighted by atomic mass is 9.95. The molecule has 3 aromatic rings. The number of hydrogen-bond acceptors (Lipinski definition) is 3. The second kappa shape index (κ2) is 8.10. The monoisotopic (exact) mass is 498 g/mol. The number of benzene rings is 3. The Balaban J connectivity index is 1.53. The highest BCUT2D eigenvalue weighted by Gasteiger charge is 2.53. The fourth-order valence-electron chi connectivity index (χ4n) is 5.15. The van der Waals surface area contributed by atoms with E-state index in [1.807, 2.05) is 30.3 Å². The minimum atomic E-state index is -0.271. The van der Waals surface area contributed by atoms with Crippen LogP contribution in [0.15, 0.2) is 54.6 Å². The van der Waals surface area contributed by atoms with Gasteiger partial charge >= 0.3 is 6.03 Å². The molecular formula is C25H21Cl3N4O. The number of urea groups is 1. The van der Waals surface area contributed by atoms with Gasteiger partial charge in [0.1, 0.15) is 0 Å². The van der Waals surface area contributed by atoms with Crippen molar-refractivity contribution in [2.75, 3.05) is 23.3 Å². The predicted octanol–water partition coefficient (Wildman–Crippen LogP) is 6.30. The lowest BCUT2D eigenvalue weighted by Crippen LogP contribution is -2.41. The molecule has 2 aliphatic heterocycles. The van der Waals surface area contributed by atoms with E-state index in [2.05, 4.69) is 22.0 Å². The van der Waals surface area contributed by atoms with E-state index < -0.39 is 0 Å². The van der Waals surface area contributed by atoms with Gasteiger partial charge in [0.2, 0.25) is 0 Å². The quantitative estimate of drug-likeness (QED) is 0.394. The molecule has 33 heavy (non-hydrogen) atoms. The van der Waals surface area contributed by atoms with Gasteiger partial charge in [-0.25, -0.2) is 4.79 Å². The summed E-state index contributed by atoms with van der Waals surface area (Å²) in [5.74, 6) is 1.28. The summed E-state index contributed by atoms with van der Waals surface area (Å²) in [5.41, 5.74) is 5.01. The number of halogens is 3. The summed E-state index contributed by atoms with van der Waals surface area (Å²) in [6.45, 7) is 2.45. The maximum atomic E-state index is 13.1. The molecule has 0 bridgehead atoms. The summed E-state index contributed by atoms with van der Waals surface area (Å²) < 4.78 is 0. The van der Waals surface area contributed by atoms with Crippen LogP contribution in [-0.2, 0) is 6.54 Å². The van der Waals surface area contributed by atoms with Crippen molar-refractivity contribution in [2.24, 2.45) is 11.8 Å². The fourth-order valence-corrected chi connectivity index (χ4v) is 5.95. The summed E-state index contributed by atoms with van der Waals surface area (Å²) >= 11 is 19.7. The van der Waals surface area contributed by atoms with Crippen molar-refractivity contribution in [3.8, 4) is 11.1 Å². The first-order valence-electron chi connectivity index (χ1n) is 10.9. The number of piperidine rings is 1. The number of nitrogens with zero attached hydrogens (tertiary/aromatic N) is 1. The number of hydrogen-bond donors (Lipinski definition) is 3. The minimum Gasteiger partial charge on any atom is -0.382 e. The van der Waals surface area contributed by atoms with Crippen LogP contribution in [0.3, 0.4) is 0 Å². The number of para-hydroxylation sites is 1. The van der Waals surface area contributed by atoms with Crippen LogP contribution in [0.4, 0.5) is 21.9 Å². The largest absolute Gasteiger partial charge is 0.382 e. The van der Waals surface area contributed by atoms with Crippen LogP contribution in [0.25, 0.3) is 11.1 Å². The zero-order valence-electron chi connectivity index (χ0n) is 17.5. The molecule has 0 radical (unpaired) electrons. The third-order valence-electron chi connectivity index (χ3n) is 6.84. The molecule has 2 fully saturated rings. The Bertz CT molecular complexity index is 1250. The van der Waals surface area contributed by atoms with Crippen LogP contribution in [0.1, 0.15) is 5.56 Å². The van der Waals surface area contributed by atoms with Crippen molar-refractivity contribution in [2.45, 2.75) is 12.6 Å². The number of nitrogens with one attached hydrogen (secondary N) is 3. The average Bonchev–Trinajstić information content (AvgIpc) is 3.20. The van der Waals surface area contributed by atoms with Crippen LogP contribution < -0.4 is 20.9 Å². The molecule has 3 aromatic carbocycles. The predicted molar refractivity (Wildman–Crippen MR) is 135 cm³/mol. The van der Waals surface area contributed by atoms with Crippen molar-refractivity contribution in [1.29, 1.82) is 0 Å². The Labute approximate surface area is 207 Å². The van der Waals surface area contributed by atoms with Crippen LogP contribution in [0.5, 0.6) is 0 Å². The Morgan fingerprint density at radius 3 is 2.30 bits per heavy atom. The number of amides is 2. The lowest BCUT2D eigenvalue weighted by molar-refractivity contribution is 0.247. The first kappa shape index (κ1) is 21.1. The molecule has 1 saturated carbocycles. The molecule has 1 saturated heterocycles.